The number of aromatic nitrogens is 1. The van der Waals surface area contributed by atoms with Crippen molar-refractivity contribution < 1.29 is 9.66 Å². The summed E-state index contributed by atoms with van der Waals surface area (Å²) in [5.41, 5.74) is 0.469. The van der Waals surface area contributed by atoms with Gasteiger partial charge in [0.25, 0.3) is 5.88 Å². The van der Waals surface area contributed by atoms with Crippen LogP contribution < -0.4 is 4.74 Å². The summed E-state index contributed by atoms with van der Waals surface area (Å²) in [7, 11) is 0. The fourth-order valence-corrected chi connectivity index (χ4v) is 1.75. The topological polar surface area (TPSA) is 65.3 Å². The molecule has 0 aliphatic heterocycles. The Bertz CT molecular complexity index is 620. The van der Waals surface area contributed by atoms with Gasteiger partial charge in [0.2, 0.25) is 0 Å². The highest BCUT2D eigenvalue weighted by Gasteiger charge is 2.17. The molecular weight excluding hydrogens is 291 g/mol. The van der Waals surface area contributed by atoms with Crippen LogP contribution in [0.1, 0.15) is 5.56 Å². The van der Waals surface area contributed by atoms with E-state index in [1.165, 1.54) is 12.1 Å². The van der Waals surface area contributed by atoms with Crippen LogP contribution >= 0.6 is 23.2 Å². The average molecular weight is 299 g/mol. The van der Waals surface area contributed by atoms with Crippen LogP contribution in [0.2, 0.25) is 10.2 Å². The van der Waals surface area contributed by atoms with Crippen LogP contribution in [0.5, 0.6) is 5.88 Å². The van der Waals surface area contributed by atoms with Crippen LogP contribution in [0.4, 0.5) is 5.69 Å². The summed E-state index contributed by atoms with van der Waals surface area (Å²) in [5.74, 6) is -0.127. The first-order chi connectivity index (χ1) is 9.08. The van der Waals surface area contributed by atoms with Crippen molar-refractivity contribution in [3.05, 3.63) is 62.3 Å². The summed E-state index contributed by atoms with van der Waals surface area (Å²) in [5, 5.41) is 11.5. The van der Waals surface area contributed by atoms with Crippen LogP contribution in [0.3, 0.4) is 0 Å². The molecule has 2 aromatic rings. The Hall–Kier alpha value is -1.85. The van der Waals surface area contributed by atoms with Crippen molar-refractivity contribution in [2.75, 3.05) is 0 Å². The zero-order valence-corrected chi connectivity index (χ0v) is 11.1. The molecule has 1 heterocycles. The monoisotopic (exact) mass is 298 g/mol. The second-order valence-corrected chi connectivity index (χ2v) is 4.39. The molecule has 0 aliphatic rings. The Morgan fingerprint density at radius 2 is 1.95 bits per heavy atom. The van der Waals surface area contributed by atoms with E-state index in [4.69, 9.17) is 27.9 Å². The predicted molar refractivity (Wildman–Crippen MR) is 71.7 cm³/mol. The van der Waals surface area contributed by atoms with Crippen molar-refractivity contribution in [2.24, 2.45) is 0 Å². The minimum Gasteiger partial charge on any atom is -0.468 e. The third kappa shape index (κ3) is 3.33. The van der Waals surface area contributed by atoms with Crippen LogP contribution in [0.15, 0.2) is 36.4 Å². The number of ether oxygens (including phenoxy) is 1. The largest absolute Gasteiger partial charge is 0.468 e. The van der Waals surface area contributed by atoms with Gasteiger partial charge < -0.3 is 4.74 Å². The zero-order chi connectivity index (χ0) is 13.8. The second-order valence-electron chi connectivity index (χ2n) is 3.60. The van der Waals surface area contributed by atoms with Gasteiger partial charge in [0.1, 0.15) is 11.8 Å². The normalized spacial score (nSPS) is 10.2. The molecule has 1 aromatic heterocycles. The van der Waals surface area contributed by atoms with Gasteiger partial charge in [-0.25, -0.2) is 0 Å². The molecule has 0 amide bonds. The van der Waals surface area contributed by atoms with Gasteiger partial charge >= 0.3 is 5.69 Å². The Morgan fingerprint density at radius 1 is 1.21 bits per heavy atom. The van der Waals surface area contributed by atoms with Crippen LogP contribution in [-0.4, -0.2) is 9.91 Å². The number of pyridine rings is 1. The Morgan fingerprint density at radius 3 is 2.63 bits per heavy atom. The molecule has 0 fully saturated rings. The van der Waals surface area contributed by atoms with E-state index >= 15 is 0 Å². The van der Waals surface area contributed by atoms with E-state index in [9.17, 15) is 10.1 Å². The summed E-state index contributed by atoms with van der Waals surface area (Å²) < 4.78 is 5.32. The molecule has 0 bridgehead atoms. The zero-order valence-electron chi connectivity index (χ0n) is 9.55. The Kier molecular flexibility index (Phi) is 4.19. The molecule has 98 valence electrons. The molecular formula is C12H8Cl2N2O3. The van der Waals surface area contributed by atoms with Gasteiger partial charge in [-0.2, -0.15) is 4.98 Å². The van der Waals surface area contributed by atoms with Crippen molar-refractivity contribution >= 4 is 28.9 Å². The molecule has 5 nitrogen and oxygen atoms in total. The Labute approximate surface area is 118 Å². The maximum Gasteiger partial charge on any atom is 0.331 e. The van der Waals surface area contributed by atoms with Crippen LogP contribution in [-0.2, 0) is 6.61 Å². The maximum absolute atomic E-state index is 10.8. The van der Waals surface area contributed by atoms with Gasteiger partial charge in [-0.15, -0.1) is 0 Å². The Balaban J connectivity index is 2.22. The molecule has 0 atom stereocenters. The van der Waals surface area contributed by atoms with Crippen molar-refractivity contribution in [2.45, 2.75) is 6.61 Å². The number of benzene rings is 1. The third-order valence-electron chi connectivity index (χ3n) is 2.33. The van der Waals surface area contributed by atoms with Gasteiger partial charge in [0, 0.05) is 16.7 Å². The van der Waals surface area contributed by atoms with Gasteiger partial charge in [0.05, 0.1) is 4.92 Å². The van der Waals surface area contributed by atoms with E-state index in [-0.39, 0.29) is 23.3 Å². The molecule has 0 saturated heterocycles. The maximum atomic E-state index is 10.8. The van der Waals surface area contributed by atoms with Crippen molar-refractivity contribution in [3.8, 4) is 5.88 Å². The summed E-state index contributed by atoms with van der Waals surface area (Å²) in [6.07, 6.45) is 0. The SMILES string of the molecule is O=[N+]([O-])c1ccc(Cl)nc1OCc1ccccc1Cl. The molecule has 0 saturated carbocycles. The molecule has 1 aromatic carbocycles. The minimum absolute atomic E-state index is 0.0772. The van der Waals surface area contributed by atoms with Crippen molar-refractivity contribution in [3.63, 3.8) is 0 Å². The lowest BCUT2D eigenvalue weighted by Crippen LogP contribution is -2.01. The predicted octanol–water partition coefficient (Wildman–Crippen LogP) is 3.88. The third-order valence-corrected chi connectivity index (χ3v) is 2.90. The lowest BCUT2D eigenvalue weighted by atomic mass is 10.2. The molecule has 7 heteroatoms. The lowest BCUT2D eigenvalue weighted by molar-refractivity contribution is -0.386. The van der Waals surface area contributed by atoms with Crippen molar-refractivity contribution in [1.82, 2.24) is 4.98 Å². The van der Waals surface area contributed by atoms with E-state index in [0.29, 0.717) is 10.6 Å². The van der Waals surface area contributed by atoms with E-state index < -0.39 is 4.92 Å². The number of rotatable bonds is 4. The number of hydrogen-bond donors (Lipinski definition) is 0. The standard InChI is InChI=1S/C12H8Cl2N2O3/c13-9-4-2-1-3-8(9)7-19-12-10(16(17)18)5-6-11(14)15-12/h1-6H,7H2. The minimum atomic E-state index is -0.578. The molecule has 0 aliphatic carbocycles. The second kappa shape index (κ2) is 5.86. The highest BCUT2D eigenvalue weighted by molar-refractivity contribution is 6.31. The summed E-state index contributed by atoms with van der Waals surface area (Å²) in [4.78, 5) is 14.0. The van der Waals surface area contributed by atoms with E-state index in [0.717, 1.165) is 0 Å². The number of halogens is 2. The lowest BCUT2D eigenvalue weighted by Gasteiger charge is -2.07. The molecule has 2 rings (SSSR count). The summed E-state index contributed by atoms with van der Waals surface area (Å²) >= 11 is 11.7. The number of hydrogen-bond acceptors (Lipinski definition) is 4. The van der Waals surface area contributed by atoms with E-state index in [1.807, 2.05) is 0 Å². The highest BCUT2D eigenvalue weighted by Crippen LogP contribution is 2.27. The van der Waals surface area contributed by atoms with E-state index in [2.05, 4.69) is 4.98 Å². The smallest absolute Gasteiger partial charge is 0.331 e. The average Bonchev–Trinajstić information content (AvgIpc) is 2.37. The quantitative estimate of drug-likeness (QED) is 0.488. The van der Waals surface area contributed by atoms with Gasteiger partial charge in [0.15, 0.2) is 0 Å². The number of nitrogens with zero attached hydrogens (tertiary/aromatic N) is 2. The first-order valence-electron chi connectivity index (χ1n) is 5.25. The van der Waals surface area contributed by atoms with Gasteiger partial charge in [-0.3, -0.25) is 10.1 Å². The van der Waals surface area contributed by atoms with E-state index in [1.54, 1.807) is 24.3 Å². The van der Waals surface area contributed by atoms with Gasteiger partial charge in [-0.05, 0) is 12.1 Å². The fourth-order valence-electron chi connectivity index (χ4n) is 1.42. The highest BCUT2D eigenvalue weighted by atomic mass is 35.5. The van der Waals surface area contributed by atoms with Crippen molar-refractivity contribution in [1.29, 1.82) is 0 Å². The molecule has 19 heavy (non-hydrogen) atoms. The van der Waals surface area contributed by atoms with Gasteiger partial charge in [-0.1, -0.05) is 41.4 Å². The summed E-state index contributed by atoms with van der Waals surface area (Å²) in [6.45, 7) is 0.0772. The van der Waals surface area contributed by atoms with Crippen LogP contribution in [0, 0.1) is 10.1 Å². The molecule has 0 N–H and O–H groups in total. The molecule has 0 spiro atoms. The molecule has 0 radical (unpaired) electrons. The first-order valence-corrected chi connectivity index (χ1v) is 6.00. The fraction of sp³-hybridized carbons (Fsp3) is 0.0833. The first kappa shape index (κ1) is 13.6. The number of nitro groups is 1. The molecule has 0 unspecified atom stereocenters. The summed E-state index contributed by atoms with van der Waals surface area (Å²) in [6, 6.07) is 9.63. The van der Waals surface area contributed by atoms with Crippen LogP contribution in [0.25, 0.3) is 0 Å².